The number of carbonyl (C=O) groups is 1. The van der Waals surface area contributed by atoms with Crippen molar-refractivity contribution < 1.29 is 17.6 Å². The first-order valence-electron chi connectivity index (χ1n) is 8.21. The van der Waals surface area contributed by atoms with Crippen molar-refractivity contribution in [2.75, 3.05) is 5.32 Å². The van der Waals surface area contributed by atoms with E-state index in [2.05, 4.69) is 10.0 Å². The first kappa shape index (κ1) is 18.5. The highest BCUT2D eigenvalue weighted by molar-refractivity contribution is 7.89. The van der Waals surface area contributed by atoms with E-state index in [9.17, 15) is 17.6 Å². The second-order valence-electron chi connectivity index (χ2n) is 6.42. The molecule has 1 amide bonds. The number of hydrogen-bond acceptors (Lipinski definition) is 4. The molecule has 26 heavy (non-hydrogen) atoms. The summed E-state index contributed by atoms with van der Waals surface area (Å²) in [5.41, 5.74) is 7.77. The predicted octanol–water partition coefficient (Wildman–Crippen LogP) is 2.21. The first-order valence-corrected chi connectivity index (χ1v) is 9.69. The minimum atomic E-state index is -3.97. The molecule has 0 heterocycles. The highest BCUT2D eigenvalue weighted by Gasteiger charge is 2.30. The molecule has 2 aromatic rings. The molecular formula is C18H20FN3O3S. The highest BCUT2D eigenvalue weighted by atomic mass is 32.2. The van der Waals surface area contributed by atoms with E-state index in [0.717, 1.165) is 30.5 Å². The number of nitrogens with one attached hydrogen (secondary N) is 2. The molecule has 0 spiro atoms. The van der Waals surface area contributed by atoms with Gasteiger partial charge >= 0.3 is 0 Å². The zero-order valence-corrected chi connectivity index (χ0v) is 15.0. The number of nitrogens with two attached hydrogens (primary N) is 1. The average Bonchev–Trinajstić information content (AvgIpc) is 3.39. The van der Waals surface area contributed by atoms with Crippen molar-refractivity contribution in [3.8, 4) is 0 Å². The van der Waals surface area contributed by atoms with Crippen molar-refractivity contribution in [2.24, 2.45) is 5.73 Å². The molecular weight excluding hydrogens is 357 g/mol. The van der Waals surface area contributed by atoms with Crippen molar-refractivity contribution in [1.29, 1.82) is 0 Å². The zero-order valence-electron chi connectivity index (χ0n) is 14.2. The van der Waals surface area contributed by atoms with E-state index >= 15 is 0 Å². The van der Waals surface area contributed by atoms with Gasteiger partial charge in [0.1, 0.15) is 16.8 Å². The molecule has 1 unspecified atom stereocenters. The fourth-order valence-corrected chi connectivity index (χ4v) is 3.82. The van der Waals surface area contributed by atoms with Crippen LogP contribution in [-0.4, -0.2) is 20.4 Å². The number of sulfonamides is 1. The molecule has 1 fully saturated rings. The van der Waals surface area contributed by atoms with Crippen LogP contribution < -0.4 is 15.8 Å². The van der Waals surface area contributed by atoms with Gasteiger partial charge in [0.15, 0.2) is 0 Å². The third-order valence-corrected chi connectivity index (χ3v) is 5.64. The second kappa shape index (κ2) is 7.14. The molecule has 4 N–H and O–H groups in total. The summed E-state index contributed by atoms with van der Waals surface area (Å²) >= 11 is 0. The predicted molar refractivity (Wildman–Crippen MR) is 96.5 cm³/mol. The largest absolute Gasteiger partial charge is 0.324 e. The molecule has 0 bridgehead atoms. The normalized spacial score (nSPS) is 15.5. The Balaban J connectivity index is 1.78. The van der Waals surface area contributed by atoms with E-state index in [1.54, 1.807) is 12.1 Å². The van der Waals surface area contributed by atoms with Gasteiger partial charge in [-0.25, -0.2) is 17.5 Å². The van der Waals surface area contributed by atoms with Crippen LogP contribution in [0.4, 0.5) is 10.1 Å². The van der Waals surface area contributed by atoms with Crippen molar-refractivity contribution in [1.82, 2.24) is 4.72 Å². The zero-order chi connectivity index (χ0) is 18.9. The van der Waals surface area contributed by atoms with Crippen LogP contribution in [0.3, 0.4) is 0 Å². The Kier molecular flexibility index (Phi) is 5.08. The molecule has 6 nitrogen and oxygen atoms in total. The smallest absolute Gasteiger partial charge is 0.245 e. The molecule has 8 heteroatoms. The van der Waals surface area contributed by atoms with E-state index in [1.807, 2.05) is 19.1 Å². The third kappa shape index (κ3) is 4.27. The first-order chi connectivity index (χ1) is 12.3. The van der Waals surface area contributed by atoms with E-state index in [0.29, 0.717) is 5.56 Å². The fraction of sp³-hybridized carbons (Fsp3) is 0.278. The number of benzene rings is 2. The highest BCUT2D eigenvalue weighted by Crippen LogP contribution is 2.25. The lowest BCUT2D eigenvalue weighted by Crippen LogP contribution is -2.28. The quantitative estimate of drug-likeness (QED) is 0.718. The van der Waals surface area contributed by atoms with Gasteiger partial charge in [-0.1, -0.05) is 29.8 Å². The topological polar surface area (TPSA) is 101 Å². The molecule has 1 aliphatic rings. The summed E-state index contributed by atoms with van der Waals surface area (Å²) in [4.78, 5) is 11.8. The van der Waals surface area contributed by atoms with Crippen molar-refractivity contribution in [2.45, 2.75) is 36.7 Å². The van der Waals surface area contributed by atoms with Crippen molar-refractivity contribution in [3.63, 3.8) is 0 Å². The summed E-state index contributed by atoms with van der Waals surface area (Å²) in [5.74, 6) is -1.39. The van der Waals surface area contributed by atoms with Gasteiger partial charge in [0, 0.05) is 11.7 Å². The van der Waals surface area contributed by atoms with E-state index in [-0.39, 0.29) is 11.7 Å². The summed E-state index contributed by atoms with van der Waals surface area (Å²) in [6.45, 7) is 1.92. The molecule has 0 radical (unpaired) electrons. The Labute approximate surface area is 151 Å². The number of halogens is 1. The lowest BCUT2D eigenvalue weighted by Gasteiger charge is -2.14. The second-order valence-corrected chi connectivity index (χ2v) is 8.10. The molecule has 1 saturated carbocycles. The standard InChI is InChI=1S/C18H20FN3O3S/c1-11-2-4-12(5-3-11)17(20)18(23)21-14-8-9-15(19)16(10-14)26(24,25)22-13-6-7-13/h2-5,8-10,13,17,22H,6-7,20H2,1H3,(H,21,23). The summed E-state index contributed by atoms with van der Waals surface area (Å²) in [5, 5.41) is 2.54. The molecule has 2 aromatic carbocycles. The minimum Gasteiger partial charge on any atom is -0.324 e. The van der Waals surface area contributed by atoms with Gasteiger partial charge in [-0.15, -0.1) is 0 Å². The Morgan fingerprint density at radius 2 is 1.85 bits per heavy atom. The summed E-state index contributed by atoms with van der Waals surface area (Å²) in [6, 6.07) is 9.51. The number of anilines is 1. The lowest BCUT2D eigenvalue weighted by molar-refractivity contribution is -0.117. The Bertz CT molecular complexity index is 925. The number of amides is 1. The van der Waals surface area contributed by atoms with Gasteiger partial charge < -0.3 is 11.1 Å². The fourth-order valence-electron chi connectivity index (χ4n) is 2.42. The maximum absolute atomic E-state index is 14.0. The Morgan fingerprint density at radius 1 is 1.19 bits per heavy atom. The van der Waals surface area contributed by atoms with Gasteiger partial charge in [0.25, 0.3) is 0 Å². The summed E-state index contributed by atoms with van der Waals surface area (Å²) in [6.07, 6.45) is 1.48. The van der Waals surface area contributed by atoms with E-state index < -0.39 is 32.7 Å². The van der Waals surface area contributed by atoms with Crippen LogP contribution in [0.15, 0.2) is 47.4 Å². The van der Waals surface area contributed by atoms with Crippen LogP contribution in [0.2, 0.25) is 0 Å². The van der Waals surface area contributed by atoms with Crippen LogP contribution in [0.25, 0.3) is 0 Å². The molecule has 3 rings (SSSR count). The maximum Gasteiger partial charge on any atom is 0.245 e. The molecule has 0 aliphatic heterocycles. The van der Waals surface area contributed by atoms with Gasteiger partial charge in [0.05, 0.1) is 0 Å². The van der Waals surface area contributed by atoms with Gasteiger partial charge in [-0.05, 0) is 43.5 Å². The molecule has 1 aliphatic carbocycles. The molecule has 138 valence electrons. The summed E-state index contributed by atoms with van der Waals surface area (Å²) in [7, 11) is -3.97. The number of rotatable bonds is 6. The lowest BCUT2D eigenvalue weighted by atomic mass is 10.1. The van der Waals surface area contributed by atoms with Crippen LogP contribution >= 0.6 is 0 Å². The third-order valence-electron chi connectivity index (χ3n) is 4.11. The van der Waals surface area contributed by atoms with Crippen molar-refractivity contribution >= 4 is 21.6 Å². The van der Waals surface area contributed by atoms with E-state index in [1.165, 1.54) is 6.07 Å². The van der Waals surface area contributed by atoms with Gasteiger partial charge in [0.2, 0.25) is 15.9 Å². The SMILES string of the molecule is Cc1ccc(C(N)C(=O)Nc2ccc(F)c(S(=O)(=O)NC3CC3)c2)cc1. The number of carbonyl (C=O) groups excluding carboxylic acids is 1. The van der Waals surface area contributed by atoms with E-state index in [4.69, 9.17) is 5.73 Å². The van der Waals surface area contributed by atoms with Crippen LogP contribution in [-0.2, 0) is 14.8 Å². The maximum atomic E-state index is 14.0. The summed E-state index contributed by atoms with van der Waals surface area (Å²) < 4.78 is 40.9. The van der Waals surface area contributed by atoms with Crippen LogP contribution in [0, 0.1) is 12.7 Å². The van der Waals surface area contributed by atoms with Crippen LogP contribution in [0.5, 0.6) is 0 Å². The van der Waals surface area contributed by atoms with Crippen molar-refractivity contribution in [3.05, 3.63) is 59.4 Å². The van der Waals surface area contributed by atoms with Crippen LogP contribution in [0.1, 0.15) is 30.0 Å². The average molecular weight is 377 g/mol. The Morgan fingerprint density at radius 3 is 2.46 bits per heavy atom. The van der Waals surface area contributed by atoms with Gasteiger partial charge in [-0.2, -0.15) is 0 Å². The number of aryl methyl sites for hydroxylation is 1. The number of hydrogen-bond donors (Lipinski definition) is 3. The monoisotopic (exact) mass is 377 g/mol. The minimum absolute atomic E-state index is 0.146. The molecule has 1 atom stereocenters. The van der Waals surface area contributed by atoms with Gasteiger partial charge in [-0.3, -0.25) is 4.79 Å². The molecule has 0 aromatic heterocycles. The Hall–Kier alpha value is -2.29. The molecule has 0 saturated heterocycles.